The van der Waals surface area contributed by atoms with Crippen LogP contribution in [0.25, 0.3) is 17.1 Å². The Bertz CT molecular complexity index is 1070. The zero-order valence-corrected chi connectivity index (χ0v) is 13.5. The number of nitrogens with zero attached hydrogens (tertiary/aromatic N) is 1. The minimum absolute atomic E-state index is 0.0557. The molecule has 124 valence electrons. The summed E-state index contributed by atoms with van der Waals surface area (Å²) < 4.78 is 11.8. The lowest BCUT2D eigenvalue weighted by atomic mass is 10.1. The van der Waals surface area contributed by atoms with Gasteiger partial charge in [0, 0.05) is 5.02 Å². The summed E-state index contributed by atoms with van der Waals surface area (Å²) in [6.07, 6.45) is 2.85. The highest BCUT2D eigenvalue weighted by Crippen LogP contribution is 2.24. The van der Waals surface area contributed by atoms with Gasteiger partial charge in [-0.1, -0.05) is 11.6 Å². The number of hydrogen-bond donors (Lipinski definition) is 1. The highest BCUT2D eigenvalue weighted by atomic mass is 35.5. The van der Waals surface area contributed by atoms with Gasteiger partial charge in [0.05, 0.1) is 18.2 Å². The van der Waals surface area contributed by atoms with Crippen molar-refractivity contribution in [1.29, 1.82) is 0 Å². The zero-order chi connectivity index (χ0) is 17.4. The van der Waals surface area contributed by atoms with Crippen LogP contribution >= 0.6 is 11.6 Å². The number of carbonyl (C=O) groups is 1. The summed E-state index contributed by atoms with van der Waals surface area (Å²) >= 11 is 5.90. The lowest BCUT2D eigenvalue weighted by Crippen LogP contribution is -2.20. The molecule has 3 heterocycles. The fourth-order valence-corrected chi connectivity index (χ4v) is 2.68. The van der Waals surface area contributed by atoms with E-state index in [0.717, 1.165) is 0 Å². The van der Waals surface area contributed by atoms with Gasteiger partial charge in [0.15, 0.2) is 11.5 Å². The molecule has 0 radical (unpaired) electrons. The Balaban J connectivity index is 1.94. The molecule has 0 fully saturated rings. The van der Waals surface area contributed by atoms with Crippen molar-refractivity contribution >= 4 is 17.4 Å². The maximum absolute atomic E-state index is 12.9. The van der Waals surface area contributed by atoms with Crippen molar-refractivity contribution in [3.63, 3.8) is 0 Å². The fraction of sp³-hybridized carbons (Fsp3) is 0. The first kappa shape index (κ1) is 15.3. The van der Waals surface area contributed by atoms with E-state index in [9.17, 15) is 9.59 Å². The Labute approximate surface area is 146 Å². The van der Waals surface area contributed by atoms with E-state index in [4.69, 9.17) is 20.4 Å². The second kappa shape index (κ2) is 5.99. The molecular formula is C18H11ClN2O4. The number of carbonyl (C=O) groups excluding carboxylic acids is 1. The van der Waals surface area contributed by atoms with E-state index in [2.05, 4.69) is 5.10 Å². The van der Waals surface area contributed by atoms with Crippen LogP contribution in [-0.2, 0) is 0 Å². The lowest BCUT2D eigenvalue weighted by Gasteiger charge is -2.01. The Kier molecular flexibility index (Phi) is 3.66. The molecule has 0 unspecified atom stereocenters. The van der Waals surface area contributed by atoms with Gasteiger partial charge in [0.25, 0.3) is 5.56 Å². The van der Waals surface area contributed by atoms with E-state index in [0.29, 0.717) is 16.5 Å². The van der Waals surface area contributed by atoms with E-state index >= 15 is 0 Å². The van der Waals surface area contributed by atoms with Gasteiger partial charge in [0.1, 0.15) is 11.3 Å². The number of aromatic nitrogens is 2. The third-order valence-corrected chi connectivity index (χ3v) is 3.97. The van der Waals surface area contributed by atoms with Crippen LogP contribution < -0.4 is 5.56 Å². The van der Waals surface area contributed by atoms with E-state index in [1.54, 1.807) is 42.5 Å². The average Bonchev–Trinajstić information content (AvgIpc) is 3.36. The Hall–Kier alpha value is -3.25. The minimum Gasteiger partial charge on any atom is -0.463 e. The molecule has 0 saturated carbocycles. The predicted octanol–water partition coefficient (Wildman–Crippen LogP) is 3.90. The molecule has 0 aliphatic heterocycles. The molecule has 7 heteroatoms. The Morgan fingerprint density at radius 3 is 2.36 bits per heavy atom. The molecule has 3 aromatic heterocycles. The largest absolute Gasteiger partial charge is 0.463 e. The number of halogens is 1. The summed E-state index contributed by atoms with van der Waals surface area (Å²) in [5, 5.41) is 3.48. The molecule has 0 aliphatic rings. The van der Waals surface area contributed by atoms with Crippen molar-refractivity contribution in [3.8, 4) is 17.1 Å². The first-order valence-electron chi connectivity index (χ1n) is 7.38. The molecule has 0 aliphatic carbocycles. The molecule has 0 amide bonds. The molecule has 25 heavy (non-hydrogen) atoms. The third kappa shape index (κ3) is 2.62. The van der Waals surface area contributed by atoms with E-state index in [1.807, 2.05) is 0 Å². The SMILES string of the molecule is O=C(c1ccco1)c1c(-c2ccco2)[nH]n(-c2ccc(Cl)cc2)c1=O. The first-order valence-corrected chi connectivity index (χ1v) is 7.76. The van der Waals surface area contributed by atoms with Crippen LogP contribution in [0.2, 0.25) is 5.02 Å². The summed E-state index contributed by atoms with van der Waals surface area (Å²) in [5.74, 6) is -0.0720. The van der Waals surface area contributed by atoms with Gasteiger partial charge in [-0.3, -0.25) is 14.7 Å². The van der Waals surface area contributed by atoms with Crippen LogP contribution in [0, 0.1) is 0 Å². The molecular weight excluding hydrogens is 344 g/mol. The minimum atomic E-state index is -0.523. The van der Waals surface area contributed by atoms with Crippen molar-refractivity contribution in [2.45, 2.75) is 0 Å². The maximum atomic E-state index is 12.9. The van der Waals surface area contributed by atoms with Crippen molar-refractivity contribution in [3.05, 3.63) is 87.8 Å². The van der Waals surface area contributed by atoms with Crippen LogP contribution in [0.15, 0.2) is 74.7 Å². The molecule has 1 N–H and O–H groups in total. The smallest absolute Gasteiger partial charge is 0.283 e. The molecule has 4 rings (SSSR count). The van der Waals surface area contributed by atoms with Gasteiger partial charge in [-0.05, 0) is 48.5 Å². The molecule has 0 spiro atoms. The highest BCUT2D eigenvalue weighted by molar-refractivity contribution is 6.30. The van der Waals surface area contributed by atoms with Gasteiger partial charge < -0.3 is 8.83 Å². The highest BCUT2D eigenvalue weighted by Gasteiger charge is 2.26. The number of H-pyrrole nitrogens is 1. The second-order valence-corrected chi connectivity index (χ2v) is 5.70. The van der Waals surface area contributed by atoms with Crippen molar-refractivity contribution in [2.24, 2.45) is 0 Å². The topological polar surface area (TPSA) is 81.1 Å². The third-order valence-electron chi connectivity index (χ3n) is 3.71. The molecule has 6 nitrogen and oxygen atoms in total. The normalized spacial score (nSPS) is 10.9. The number of benzene rings is 1. The summed E-state index contributed by atoms with van der Waals surface area (Å²) in [4.78, 5) is 25.7. The standard InChI is InChI=1S/C18H11ClN2O4/c19-11-5-7-12(8-6-11)21-18(23)15(17(22)14-4-2-10-25-14)16(20-21)13-3-1-9-24-13/h1-10,20H. The predicted molar refractivity (Wildman–Crippen MR) is 91.2 cm³/mol. The molecule has 0 atom stereocenters. The number of ketones is 1. The second-order valence-electron chi connectivity index (χ2n) is 5.26. The van der Waals surface area contributed by atoms with Gasteiger partial charge in [0.2, 0.25) is 5.78 Å². The number of rotatable bonds is 4. The van der Waals surface area contributed by atoms with Crippen LogP contribution in [-0.4, -0.2) is 15.6 Å². The number of hydrogen-bond acceptors (Lipinski definition) is 4. The van der Waals surface area contributed by atoms with Gasteiger partial charge in [-0.25, -0.2) is 4.68 Å². The van der Waals surface area contributed by atoms with Crippen molar-refractivity contribution in [2.75, 3.05) is 0 Å². The Morgan fingerprint density at radius 1 is 1.00 bits per heavy atom. The summed E-state index contributed by atoms with van der Waals surface area (Å²) in [5.41, 5.74) is 0.266. The summed E-state index contributed by atoms with van der Waals surface area (Å²) in [6, 6.07) is 13.1. The summed E-state index contributed by atoms with van der Waals surface area (Å²) in [7, 11) is 0. The lowest BCUT2D eigenvalue weighted by molar-refractivity contribution is 0.101. The van der Waals surface area contributed by atoms with Crippen molar-refractivity contribution in [1.82, 2.24) is 9.78 Å². The van der Waals surface area contributed by atoms with Crippen LogP contribution in [0.4, 0.5) is 0 Å². The molecule has 1 aromatic carbocycles. The monoisotopic (exact) mass is 354 g/mol. The maximum Gasteiger partial charge on any atom is 0.283 e. The van der Waals surface area contributed by atoms with E-state index in [-0.39, 0.29) is 17.0 Å². The van der Waals surface area contributed by atoms with Gasteiger partial charge in [-0.15, -0.1) is 0 Å². The number of furan rings is 2. The van der Waals surface area contributed by atoms with E-state index < -0.39 is 11.3 Å². The fourth-order valence-electron chi connectivity index (χ4n) is 2.55. The van der Waals surface area contributed by atoms with Crippen LogP contribution in [0.1, 0.15) is 16.1 Å². The van der Waals surface area contributed by atoms with Crippen molar-refractivity contribution < 1.29 is 13.6 Å². The van der Waals surface area contributed by atoms with Crippen LogP contribution in [0.3, 0.4) is 0 Å². The Morgan fingerprint density at radius 2 is 1.72 bits per heavy atom. The van der Waals surface area contributed by atoms with Gasteiger partial charge in [-0.2, -0.15) is 0 Å². The zero-order valence-electron chi connectivity index (χ0n) is 12.7. The van der Waals surface area contributed by atoms with Crippen LogP contribution in [0.5, 0.6) is 0 Å². The number of nitrogens with one attached hydrogen (secondary N) is 1. The number of aromatic amines is 1. The van der Waals surface area contributed by atoms with Gasteiger partial charge >= 0.3 is 0 Å². The molecule has 0 saturated heterocycles. The van der Waals surface area contributed by atoms with E-state index in [1.165, 1.54) is 23.3 Å². The quantitative estimate of drug-likeness (QED) is 0.563. The molecule has 4 aromatic rings. The average molecular weight is 355 g/mol. The first-order chi connectivity index (χ1) is 12.1. The molecule has 0 bridgehead atoms. The summed E-state index contributed by atoms with van der Waals surface area (Å²) in [6.45, 7) is 0.